The highest BCUT2D eigenvalue weighted by Gasteiger charge is 2.24. The van der Waals surface area contributed by atoms with E-state index in [4.69, 9.17) is 0 Å². The average molecular weight is 337 g/mol. The van der Waals surface area contributed by atoms with Gasteiger partial charge in [0.15, 0.2) is 5.69 Å². The van der Waals surface area contributed by atoms with E-state index >= 15 is 0 Å². The molecule has 2 rings (SSSR count). The van der Waals surface area contributed by atoms with E-state index in [0.717, 1.165) is 12.8 Å². The largest absolute Gasteiger partial charge is 0.393 e. The van der Waals surface area contributed by atoms with Crippen molar-refractivity contribution in [1.82, 2.24) is 20.8 Å². The highest BCUT2D eigenvalue weighted by atomic mass is 16.3. The Kier molecular flexibility index (Phi) is 5.82. The highest BCUT2D eigenvalue weighted by Crippen LogP contribution is 2.19. The third-order valence-electron chi connectivity index (χ3n) is 3.91. The predicted octanol–water partition coefficient (Wildman–Crippen LogP) is 1.61. The molecule has 8 heteroatoms. The number of hydrogen-bond donors (Lipinski definition) is 5. The lowest BCUT2D eigenvalue weighted by Crippen LogP contribution is -2.39. The van der Waals surface area contributed by atoms with Gasteiger partial charge in [0.1, 0.15) is 0 Å². The molecule has 0 radical (unpaired) electrons. The summed E-state index contributed by atoms with van der Waals surface area (Å²) in [6.07, 6.45) is 4.07. The molecule has 3 amide bonds. The Balaban J connectivity index is 1.89. The maximum atomic E-state index is 12.3. The van der Waals surface area contributed by atoms with E-state index in [1.165, 1.54) is 6.20 Å². The molecule has 1 fully saturated rings. The molecule has 5 N–H and O–H groups in total. The van der Waals surface area contributed by atoms with Crippen LogP contribution in [0, 0.1) is 5.41 Å². The minimum absolute atomic E-state index is 0.0279. The molecule has 134 valence electrons. The minimum Gasteiger partial charge on any atom is -0.393 e. The van der Waals surface area contributed by atoms with Crippen LogP contribution >= 0.6 is 0 Å². The van der Waals surface area contributed by atoms with Crippen LogP contribution < -0.4 is 16.0 Å². The fourth-order valence-electron chi connectivity index (χ4n) is 2.54. The number of amides is 3. The van der Waals surface area contributed by atoms with E-state index in [0.29, 0.717) is 25.1 Å². The van der Waals surface area contributed by atoms with Crippen LogP contribution in [0.4, 0.5) is 10.5 Å². The van der Waals surface area contributed by atoms with Gasteiger partial charge in [-0.15, -0.1) is 0 Å². The van der Waals surface area contributed by atoms with E-state index in [1.807, 2.05) is 20.8 Å². The summed E-state index contributed by atoms with van der Waals surface area (Å²) in [6.45, 7) is 6.57. The summed E-state index contributed by atoms with van der Waals surface area (Å²) in [4.78, 5) is 24.3. The number of aliphatic hydroxyl groups excluding tert-OH is 1. The molecule has 8 nitrogen and oxygen atoms in total. The molecule has 0 spiro atoms. The molecule has 1 aromatic heterocycles. The molecule has 0 aliphatic heterocycles. The first-order valence-electron chi connectivity index (χ1n) is 8.32. The fraction of sp³-hybridized carbons (Fsp3) is 0.688. The van der Waals surface area contributed by atoms with E-state index in [-0.39, 0.29) is 35.2 Å². The number of rotatable bonds is 4. The van der Waals surface area contributed by atoms with Crippen molar-refractivity contribution in [3.8, 4) is 0 Å². The molecular formula is C16H27N5O3. The molecule has 1 heterocycles. The highest BCUT2D eigenvalue weighted by molar-refractivity contribution is 6.01. The van der Waals surface area contributed by atoms with Gasteiger partial charge >= 0.3 is 6.03 Å². The molecule has 0 atom stereocenters. The van der Waals surface area contributed by atoms with Gasteiger partial charge in [0, 0.05) is 18.8 Å². The molecule has 1 aliphatic carbocycles. The van der Waals surface area contributed by atoms with Gasteiger partial charge in [-0.05, 0) is 31.1 Å². The lowest BCUT2D eigenvalue weighted by atomic mass is 9.93. The third kappa shape index (κ3) is 5.52. The fourth-order valence-corrected chi connectivity index (χ4v) is 2.54. The predicted molar refractivity (Wildman–Crippen MR) is 90.8 cm³/mol. The molecule has 0 saturated heterocycles. The average Bonchev–Trinajstić information content (AvgIpc) is 2.95. The van der Waals surface area contributed by atoms with Crippen molar-refractivity contribution < 1.29 is 14.7 Å². The first-order valence-corrected chi connectivity index (χ1v) is 8.32. The van der Waals surface area contributed by atoms with Crippen LogP contribution in [0.25, 0.3) is 0 Å². The second kappa shape index (κ2) is 7.65. The van der Waals surface area contributed by atoms with Crippen LogP contribution in [0.5, 0.6) is 0 Å². The number of anilines is 1. The molecular weight excluding hydrogens is 310 g/mol. The zero-order valence-corrected chi connectivity index (χ0v) is 14.5. The second-order valence-corrected chi connectivity index (χ2v) is 7.49. The van der Waals surface area contributed by atoms with Crippen LogP contribution in [0.1, 0.15) is 56.9 Å². The van der Waals surface area contributed by atoms with Gasteiger partial charge in [-0.2, -0.15) is 5.10 Å². The number of nitrogens with zero attached hydrogens (tertiary/aromatic N) is 1. The monoisotopic (exact) mass is 337 g/mol. The molecule has 1 aromatic rings. The number of hydrogen-bond acceptors (Lipinski definition) is 4. The normalized spacial score (nSPS) is 21.2. The molecule has 0 unspecified atom stereocenters. The van der Waals surface area contributed by atoms with Gasteiger partial charge in [0.25, 0.3) is 5.91 Å². The summed E-state index contributed by atoms with van der Waals surface area (Å²) >= 11 is 0. The number of aromatic nitrogens is 2. The summed E-state index contributed by atoms with van der Waals surface area (Å²) in [6, 6.07) is -0.346. The third-order valence-corrected chi connectivity index (χ3v) is 3.91. The van der Waals surface area contributed by atoms with E-state index < -0.39 is 0 Å². The zero-order chi connectivity index (χ0) is 17.7. The van der Waals surface area contributed by atoms with E-state index in [2.05, 4.69) is 26.1 Å². The first kappa shape index (κ1) is 18.3. The van der Waals surface area contributed by atoms with Crippen molar-refractivity contribution in [1.29, 1.82) is 0 Å². The van der Waals surface area contributed by atoms with Gasteiger partial charge in [0.05, 0.1) is 11.8 Å². The molecule has 0 bridgehead atoms. The van der Waals surface area contributed by atoms with Crippen molar-refractivity contribution in [2.75, 3.05) is 11.9 Å². The topological polar surface area (TPSA) is 119 Å². The van der Waals surface area contributed by atoms with Crippen molar-refractivity contribution in [2.24, 2.45) is 5.41 Å². The molecule has 1 aliphatic rings. The number of nitrogens with one attached hydrogen (secondary N) is 4. The van der Waals surface area contributed by atoms with Crippen LogP contribution in [-0.2, 0) is 0 Å². The van der Waals surface area contributed by atoms with E-state index in [1.54, 1.807) is 0 Å². The Morgan fingerprint density at radius 1 is 1.29 bits per heavy atom. The molecule has 0 aromatic carbocycles. The van der Waals surface area contributed by atoms with Gasteiger partial charge in [-0.25, -0.2) is 4.79 Å². The molecule has 24 heavy (non-hydrogen) atoms. The number of carbonyl (C=O) groups is 2. The van der Waals surface area contributed by atoms with Crippen molar-refractivity contribution in [3.05, 3.63) is 11.9 Å². The Morgan fingerprint density at radius 2 is 1.96 bits per heavy atom. The van der Waals surface area contributed by atoms with Crippen LogP contribution in [0.2, 0.25) is 0 Å². The Bertz CT molecular complexity index is 571. The SMILES string of the molecule is CC(C)(C)CNC(=O)Nc1c[nH]nc1C(=O)N[C@H]1CC[C@H](O)CC1. The maximum Gasteiger partial charge on any atom is 0.319 e. The Morgan fingerprint density at radius 3 is 2.58 bits per heavy atom. The zero-order valence-electron chi connectivity index (χ0n) is 14.5. The molecule has 1 saturated carbocycles. The summed E-state index contributed by atoms with van der Waals surface area (Å²) in [5.41, 5.74) is 0.473. The first-order chi connectivity index (χ1) is 11.2. The van der Waals surface area contributed by atoms with Gasteiger partial charge in [-0.3, -0.25) is 9.89 Å². The van der Waals surface area contributed by atoms with Crippen molar-refractivity contribution >= 4 is 17.6 Å². The Hall–Kier alpha value is -2.09. The second-order valence-electron chi connectivity index (χ2n) is 7.49. The number of urea groups is 1. The lowest BCUT2D eigenvalue weighted by Gasteiger charge is -2.26. The van der Waals surface area contributed by atoms with E-state index in [9.17, 15) is 14.7 Å². The quantitative estimate of drug-likeness (QED) is 0.573. The van der Waals surface area contributed by atoms with Gasteiger partial charge < -0.3 is 21.1 Å². The summed E-state index contributed by atoms with van der Waals surface area (Å²) in [7, 11) is 0. The lowest BCUT2D eigenvalue weighted by molar-refractivity contribution is 0.0864. The standard InChI is InChI=1S/C16H27N5O3/c1-16(2,3)9-17-15(24)20-12-8-18-21-13(12)14(23)19-10-4-6-11(22)7-5-10/h8,10-11,22H,4-7,9H2,1-3H3,(H,18,21)(H,19,23)(H2,17,20,24)/t10-,11-. The number of aromatic amines is 1. The number of aliphatic hydroxyl groups is 1. The Labute approximate surface area is 141 Å². The van der Waals surface area contributed by atoms with Crippen LogP contribution in [-0.4, -0.2) is 45.9 Å². The van der Waals surface area contributed by atoms with Gasteiger partial charge in [0.2, 0.25) is 0 Å². The van der Waals surface area contributed by atoms with Gasteiger partial charge in [-0.1, -0.05) is 20.8 Å². The van der Waals surface area contributed by atoms with Crippen LogP contribution in [0.3, 0.4) is 0 Å². The minimum atomic E-state index is -0.374. The van der Waals surface area contributed by atoms with Crippen molar-refractivity contribution in [3.63, 3.8) is 0 Å². The summed E-state index contributed by atoms with van der Waals surface area (Å²) in [5, 5.41) is 24.4. The summed E-state index contributed by atoms with van der Waals surface area (Å²) in [5.74, 6) is -0.330. The smallest absolute Gasteiger partial charge is 0.319 e. The number of carbonyl (C=O) groups excluding carboxylic acids is 2. The van der Waals surface area contributed by atoms with Crippen LogP contribution in [0.15, 0.2) is 6.20 Å². The summed E-state index contributed by atoms with van der Waals surface area (Å²) < 4.78 is 0. The van der Waals surface area contributed by atoms with Crippen molar-refractivity contribution in [2.45, 2.75) is 58.6 Å². The number of H-pyrrole nitrogens is 1. The maximum absolute atomic E-state index is 12.3.